The van der Waals surface area contributed by atoms with E-state index in [2.05, 4.69) is 5.10 Å². The molecule has 0 spiro atoms. The topological polar surface area (TPSA) is 78.9 Å². The van der Waals surface area contributed by atoms with E-state index < -0.39 is 5.97 Å². The van der Waals surface area contributed by atoms with E-state index in [-0.39, 0.29) is 10.7 Å². The number of hydrazone groups is 1. The summed E-state index contributed by atoms with van der Waals surface area (Å²) in [5.74, 6) is -1.000. The number of rotatable bonds is 3. The summed E-state index contributed by atoms with van der Waals surface area (Å²) in [4.78, 5) is 10.9. The second-order valence-electron chi connectivity index (χ2n) is 3.00. The summed E-state index contributed by atoms with van der Waals surface area (Å²) in [6.45, 7) is 0. The van der Waals surface area contributed by atoms with Crippen LogP contribution in [0.3, 0.4) is 0 Å². The van der Waals surface area contributed by atoms with Crippen molar-refractivity contribution in [3.8, 4) is 0 Å². The van der Waals surface area contributed by atoms with Crippen LogP contribution in [-0.4, -0.2) is 34.5 Å². The molecule has 1 aromatic rings. The zero-order chi connectivity index (χ0) is 12.1. The first-order valence-corrected chi connectivity index (χ1v) is 4.82. The molecule has 0 fully saturated rings. The highest BCUT2D eigenvalue weighted by Gasteiger charge is 2.06. The number of carboxylic acids is 1. The second-order valence-corrected chi connectivity index (χ2v) is 3.42. The third-order valence-corrected chi connectivity index (χ3v) is 2.14. The summed E-state index contributed by atoms with van der Waals surface area (Å²) < 4.78 is 0. The minimum absolute atomic E-state index is 0.115. The molecule has 0 saturated carbocycles. The summed E-state index contributed by atoms with van der Waals surface area (Å²) >= 11 is 4.69. The predicted molar refractivity (Wildman–Crippen MR) is 65.5 cm³/mol. The molecule has 1 aromatic carbocycles. The van der Waals surface area contributed by atoms with Crippen molar-refractivity contribution in [3.05, 3.63) is 35.4 Å². The van der Waals surface area contributed by atoms with E-state index in [0.29, 0.717) is 5.56 Å². The van der Waals surface area contributed by atoms with E-state index >= 15 is 0 Å². The molecule has 0 aromatic heterocycles. The number of carboxylic acid groups (broad SMARTS) is 1. The molecular weight excluding hydrogens is 226 g/mol. The Balaban J connectivity index is 2.97. The van der Waals surface area contributed by atoms with Gasteiger partial charge in [-0.3, -0.25) is 0 Å². The van der Waals surface area contributed by atoms with E-state index in [1.165, 1.54) is 17.3 Å². The Morgan fingerprint density at radius 2 is 2.19 bits per heavy atom. The first kappa shape index (κ1) is 12.1. The molecule has 5 nitrogen and oxygen atoms in total. The molecule has 0 radical (unpaired) electrons. The minimum atomic E-state index is -1.000. The highest BCUT2D eigenvalue weighted by atomic mass is 32.1. The van der Waals surface area contributed by atoms with Gasteiger partial charge in [-0.25, -0.2) is 9.80 Å². The summed E-state index contributed by atoms with van der Waals surface area (Å²) in [5.41, 5.74) is 6.01. The summed E-state index contributed by atoms with van der Waals surface area (Å²) in [6, 6.07) is 6.54. The molecule has 1 rings (SSSR count). The van der Waals surface area contributed by atoms with Crippen LogP contribution in [0, 0.1) is 0 Å². The van der Waals surface area contributed by atoms with E-state index in [9.17, 15) is 4.79 Å². The van der Waals surface area contributed by atoms with Crippen molar-refractivity contribution in [1.29, 1.82) is 0 Å². The van der Waals surface area contributed by atoms with E-state index in [0.717, 1.165) is 0 Å². The van der Waals surface area contributed by atoms with Crippen LogP contribution >= 0.6 is 12.2 Å². The smallest absolute Gasteiger partial charge is 0.336 e. The van der Waals surface area contributed by atoms with Gasteiger partial charge < -0.3 is 10.8 Å². The van der Waals surface area contributed by atoms with Gasteiger partial charge in [-0.2, -0.15) is 5.10 Å². The third kappa shape index (κ3) is 3.03. The Morgan fingerprint density at radius 3 is 2.75 bits per heavy atom. The standard InChI is InChI=1S/C10H11N3O2S/c1-13(10(11)16)12-6-7-4-2-3-5-8(7)9(14)15/h2-6H,1H3,(H2,11,16)(H,14,15). The lowest BCUT2D eigenvalue weighted by Gasteiger charge is -2.09. The van der Waals surface area contributed by atoms with Gasteiger partial charge in [0.05, 0.1) is 11.8 Å². The third-order valence-electron chi connectivity index (χ3n) is 1.88. The first-order valence-electron chi connectivity index (χ1n) is 4.42. The highest BCUT2D eigenvalue weighted by Crippen LogP contribution is 2.06. The lowest BCUT2D eigenvalue weighted by atomic mass is 10.1. The quantitative estimate of drug-likeness (QED) is 0.464. The summed E-state index contributed by atoms with van der Waals surface area (Å²) in [6.07, 6.45) is 1.41. The Hall–Kier alpha value is -1.95. The largest absolute Gasteiger partial charge is 0.478 e. The maximum atomic E-state index is 10.9. The average molecular weight is 237 g/mol. The van der Waals surface area contributed by atoms with Crippen LogP contribution < -0.4 is 5.73 Å². The van der Waals surface area contributed by atoms with Gasteiger partial charge in [-0.05, 0) is 18.3 Å². The van der Waals surface area contributed by atoms with Crippen LogP contribution in [0.2, 0.25) is 0 Å². The molecule has 0 heterocycles. The van der Waals surface area contributed by atoms with Crippen molar-refractivity contribution in [3.63, 3.8) is 0 Å². The second kappa shape index (κ2) is 5.22. The predicted octanol–water partition coefficient (Wildman–Crippen LogP) is 0.894. The minimum Gasteiger partial charge on any atom is -0.478 e. The van der Waals surface area contributed by atoms with Crippen LogP contribution in [-0.2, 0) is 0 Å². The number of benzene rings is 1. The van der Waals surface area contributed by atoms with Crippen molar-refractivity contribution < 1.29 is 9.90 Å². The van der Waals surface area contributed by atoms with Crippen molar-refractivity contribution in [2.75, 3.05) is 7.05 Å². The monoisotopic (exact) mass is 237 g/mol. The van der Waals surface area contributed by atoms with Gasteiger partial charge >= 0.3 is 5.97 Å². The molecule has 0 atom stereocenters. The molecule has 0 bridgehead atoms. The lowest BCUT2D eigenvalue weighted by molar-refractivity contribution is 0.0697. The molecule has 0 saturated heterocycles. The van der Waals surface area contributed by atoms with Crippen LogP contribution in [0.4, 0.5) is 0 Å². The fourth-order valence-corrected chi connectivity index (χ4v) is 1.06. The fraction of sp³-hybridized carbons (Fsp3) is 0.100. The maximum Gasteiger partial charge on any atom is 0.336 e. The van der Waals surface area contributed by atoms with Crippen LogP contribution in [0.25, 0.3) is 0 Å². The molecule has 0 aliphatic carbocycles. The number of thiocarbonyl (C=S) groups is 1. The average Bonchev–Trinajstić information content (AvgIpc) is 2.25. The lowest BCUT2D eigenvalue weighted by Crippen LogP contribution is -2.27. The van der Waals surface area contributed by atoms with Crippen molar-refractivity contribution in [2.24, 2.45) is 10.8 Å². The Kier molecular flexibility index (Phi) is 3.96. The molecule has 16 heavy (non-hydrogen) atoms. The molecule has 0 amide bonds. The van der Waals surface area contributed by atoms with Crippen LogP contribution in [0.15, 0.2) is 29.4 Å². The van der Waals surface area contributed by atoms with Crippen molar-refractivity contribution in [2.45, 2.75) is 0 Å². The van der Waals surface area contributed by atoms with E-state index in [1.54, 1.807) is 25.2 Å². The summed E-state index contributed by atoms with van der Waals surface area (Å²) in [5, 5.41) is 14.2. The number of hydrogen-bond acceptors (Lipinski definition) is 3. The van der Waals surface area contributed by atoms with Gasteiger partial charge in [0.15, 0.2) is 5.11 Å². The zero-order valence-electron chi connectivity index (χ0n) is 8.62. The maximum absolute atomic E-state index is 10.9. The Bertz CT molecular complexity index is 445. The molecule has 0 aliphatic heterocycles. The van der Waals surface area contributed by atoms with Crippen LogP contribution in [0.5, 0.6) is 0 Å². The van der Waals surface area contributed by atoms with Crippen molar-refractivity contribution >= 4 is 29.5 Å². The zero-order valence-corrected chi connectivity index (χ0v) is 9.44. The van der Waals surface area contributed by atoms with Gasteiger partial charge in [0, 0.05) is 12.6 Å². The fourth-order valence-electron chi connectivity index (χ4n) is 1.01. The van der Waals surface area contributed by atoms with Gasteiger partial charge in [0.2, 0.25) is 0 Å². The van der Waals surface area contributed by atoms with Crippen LogP contribution in [0.1, 0.15) is 15.9 Å². The van der Waals surface area contributed by atoms with Gasteiger partial charge in [0.1, 0.15) is 0 Å². The van der Waals surface area contributed by atoms with Gasteiger partial charge in [-0.1, -0.05) is 18.2 Å². The molecular formula is C10H11N3O2S. The van der Waals surface area contributed by atoms with Crippen molar-refractivity contribution in [1.82, 2.24) is 5.01 Å². The SMILES string of the molecule is CN(N=Cc1ccccc1C(=O)O)C(N)=S. The number of aromatic carboxylic acids is 1. The molecule has 84 valence electrons. The number of hydrogen-bond donors (Lipinski definition) is 2. The van der Waals surface area contributed by atoms with Gasteiger partial charge in [0.25, 0.3) is 0 Å². The normalized spacial score (nSPS) is 10.3. The molecule has 0 aliphatic rings. The number of carbonyl (C=O) groups is 1. The molecule has 3 N–H and O–H groups in total. The molecule has 0 unspecified atom stereocenters. The van der Waals surface area contributed by atoms with E-state index in [4.69, 9.17) is 23.1 Å². The number of nitrogens with two attached hydrogens (primary N) is 1. The molecule has 6 heteroatoms. The first-order chi connectivity index (χ1) is 7.52. The Morgan fingerprint density at radius 1 is 1.56 bits per heavy atom. The van der Waals surface area contributed by atoms with E-state index in [1.807, 2.05) is 0 Å². The van der Waals surface area contributed by atoms with Gasteiger partial charge in [-0.15, -0.1) is 0 Å². The summed E-state index contributed by atoms with van der Waals surface area (Å²) in [7, 11) is 1.59. The highest BCUT2D eigenvalue weighted by molar-refractivity contribution is 7.80. The number of nitrogens with zero attached hydrogens (tertiary/aromatic N) is 2. The Labute approximate surface area is 98.2 Å².